The number of aryl methyl sites for hydroxylation is 1. The summed E-state index contributed by atoms with van der Waals surface area (Å²) in [5.74, 6) is -0.579. The van der Waals surface area contributed by atoms with Crippen molar-refractivity contribution in [3.8, 4) is 0 Å². The number of rotatable bonds is 3. The highest BCUT2D eigenvalue weighted by Gasteiger charge is 2.25. The molecule has 0 aliphatic heterocycles. The van der Waals surface area contributed by atoms with Crippen molar-refractivity contribution in [3.05, 3.63) is 33.6 Å². The molecule has 8 nitrogen and oxygen atoms in total. The topological polar surface area (TPSA) is 114 Å². The number of hydrogen-bond donors (Lipinski definition) is 2. The maximum absolute atomic E-state index is 11.9. The van der Waals surface area contributed by atoms with Crippen LogP contribution in [0.5, 0.6) is 0 Å². The van der Waals surface area contributed by atoms with Gasteiger partial charge in [-0.2, -0.15) is 0 Å². The van der Waals surface area contributed by atoms with E-state index in [9.17, 15) is 14.9 Å². The van der Waals surface area contributed by atoms with Crippen molar-refractivity contribution in [2.75, 3.05) is 6.61 Å². The Labute approximate surface area is 118 Å². The van der Waals surface area contributed by atoms with Gasteiger partial charge in [-0.1, -0.05) is 0 Å². The minimum Gasteiger partial charge on any atom is -0.461 e. The first-order valence-electron chi connectivity index (χ1n) is 6.34. The fraction of sp³-hybridized carbons (Fsp3) is 0.231. The molecule has 0 bridgehead atoms. The van der Waals surface area contributed by atoms with E-state index in [1.807, 2.05) is 0 Å². The number of nitro groups is 1. The molecule has 8 heteroatoms. The number of carbonyl (C=O) groups is 1. The van der Waals surface area contributed by atoms with Crippen LogP contribution in [0.1, 0.15) is 23.0 Å². The number of aromatic nitrogens is 3. The summed E-state index contributed by atoms with van der Waals surface area (Å²) in [5.41, 5.74) is 1.40. The first kappa shape index (κ1) is 13.1. The molecule has 0 fully saturated rings. The van der Waals surface area contributed by atoms with Gasteiger partial charge in [0.05, 0.1) is 17.0 Å². The average Bonchev–Trinajstić information content (AvgIpc) is 3.02. The van der Waals surface area contributed by atoms with E-state index in [4.69, 9.17) is 4.74 Å². The smallest absolute Gasteiger partial charge is 0.357 e. The molecular formula is C13H12N4O4. The van der Waals surface area contributed by atoms with Crippen molar-refractivity contribution in [1.82, 2.24) is 15.2 Å². The summed E-state index contributed by atoms with van der Waals surface area (Å²) in [6.07, 6.45) is 1.62. The summed E-state index contributed by atoms with van der Waals surface area (Å²) < 4.78 is 4.94. The number of H-pyrrole nitrogens is 2. The lowest BCUT2D eigenvalue weighted by atomic mass is 10.1. The van der Waals surface area contributed by atoms with Gasteiger partial charge in [-0.25, -0.2) is 9.78 Å². The monoisotopic (exact) mass is 288 g/mol. The molecule has 0 aliphatic carbocycles. The second-order valence-corrected chi connectivity index (χ2v) is 4.56. The third-order valence-electron chi connectivity index (χ3n) is 3.35. The summed E-state index contributed by atoms with van der Waals surface area (Å²) in [6.45, 7) is 3.61. The van der Waals surface area contributed by atoms with E-state index < -0.39 is 10.9 Å². The maximum Gasteiger partial charge on any atom is 0.357 e. The van der Waals surface area contributed by atoms with E-state index in [1.54, 1.807) is 20.0 Å². The number of esters is 1. The highest BCUT2D eigenvalue weighted by atomic mass is 16.6. The summed E-state index contributed by atoms with van der Waals surface area (Å²) in [6, 6.07) is 1.42. The number of non-ortho nitro benzene ring substituents is 1. The molecule has 3 rings (SSSR count). The molecule has 21 heavy (non-hydrogen) atoms. The van der Waals surface area contributed by atoms with Crippen LogP contribution in [0, 0.1) is 17.0 Å². The Morgan fingerprint density at radius 1 is 1.52 bits per heavy atom. The molecule has 2 N–H and O–H groups in total. The van der Waals surface area contributed by atoms with Crippen molar-refractivity contribution in [2.45, 2.75) is 13.8 Å². The molecule has 2 heterocycles. The molecule has 108 valence electrons. The van der Waals surface area contributed by atoms with Crippen molar-refractivity contribution in [2.24, 2.45) is 0 Å². The van der Waals surface area contributed by atoms with Gasteiger partial charge in [0, 0.05) is 23.0 Å². The molecule has 0 unspecified atom stereocenters. The van der Waals surface area contributed by atoms with Crippen LogP contribution in [0.4, 0.5) is 5.69 Å². The minimum atomic E-state index is -0.579. The largest absolute Gasteiger partial charge is 0.461 e. The molecule has 1 aromatic carbocycles. The quantitative estimate of drug-likeness (QED) is 0.436. The van der Waals surface area contributed by atoms with Crippen molar-refractivity contribution < 1.29 is 14.5 Å². The number of ether oxygens (including phenoxy) is 1. The number of hydrogen-bond acceptors (Lipinski definition) is 5. The molecule has 0 radical (unpaired) electrons. The fourth-order valence-electron chi connectivity index (χ4n) is 2.44. The molecular weight excluding hydrogens is 276 g/mol. The standard InChI is InChI=1S/C13H12N4O4/c1-3-21-13(18)10-6(2)9-11-7(5-14-16-11)4-8(17(19)20)12(9)15-10/h4-5,14,16H,3H2,1-2H3. The Morgan fingerprint density at radius 3 is 2.95 bits per heavy atom. The van der Waals surface area contributed by atoms with Crippen LogP contribution >= 0.6 is 0 Å². The first-order chi connectivity index (χ1) is 10.0. The second-order valence-electron chi connectivity index (χ2n) is 4.56. The van der Waals surface area contributed by atoms with Crippen LogP contribution in [0.25, 0.3) is 21.8 Å². The summed E-state index contributed by atoms with van der Waals surface area (Å²) in [4.78, 5) is 26.8. The van der Waals surface area contributed by atoms with E-state index in [2.05, 4.69) is 15.2 Å². The van der Waals surface area contributed by atoms with Gasteiger partial charge in [0.1, 0.15) is 0 Å². The minimum absolute atomic E-state index is 0.108. The number of nitro benzene ring substituents is 1. The first-order valence-corrected chi connectivity index (χ1v) is 6.34. The predicted molar refractivity (Wildman–Crippen MR) is 75.3 cm³/mol. The molecule has 0 amide bonds. The zero-order chi connectivity index (χ0) is 15.1. The van der Waals surface area contributed by atoms with E-state index in [1.165, 1.54) is 6.07 Å². The average molecular weight is 288 g/mol. The van der Waals surface area contributed by atoms with Crippen LogP contribution in [-0.4, -0.2) is 32.7 Å². The number of fused-ring (bicyclic) bond motifs is 3. The Kier molecular flexibility index (Phi) is 2.86. The van der Waals surface area contributed by atoms with Gasteiger partial charge in [-0.3, -0.25) is 10.1 Å². The SMILES string of the molecule is CCOC(=O)c1nc2c([N+](=O)[O-])cc3c[nH][nH]c3c2c1C. The highest BCUT2D eigenvalue weighted by Crippen LogP contribution is 2.35. The Morgan fingerprint density at radius 2 is 2.29 bits per heavy atom. The van der Waals surface area contributed by atoms with E-state index in [0.29, 0.717) is 21.9 Å². The zero-order valence-corrected chi connectivity index (χ0v) is 11.4. The second kappa shape index (κ2) is 4.58. The molecule has 0 aliphatic rings. The maximum atomic E-state index is 11.9. The van der Waals surface area contributed by atoms with Crippen LogP contribution in [0.15, 0.2) is 12.3 Å². The lowest BCUT2D eigenvalue weighted by Crippen LogP contribution is -2.06. The summed E-state index contributed by atoms with van der Waals surface area (Å²) in [7, 11) is 0. The number of carbonyl (C=O) groups excluding carboxylic acids is 1. The van der Waals surface area contributed by atoms with Gasteiger partial charge < -0.3 is 14.9 Å². The van der Waals surface area contributed by atoms with Crippen molar-refractivity contribution in [1.29, 1.82) is 0 Å². The molecule has 2 aromatic heterocycles. The highest BCUT2D eigenvalue weighted by molar-refractivity contribution is 6.13. The Bertz CT molecular complexity index is 877. The van der Waals surface area contributed by atoms with E-state index >= 15 is 0 Å². The number of aromatic amines is 2. The van der Waals surface area contributed by atoms with Crippen LogP contribution in [-0.2, 0) is 4.74 Å². The zero-order valence-electron chi connectivity index (χ0n) is 11.4. The number of benzene rings is 1. The van der Waals surface area contributed by atoms with Gasteiger partial charge in [-0.15, -0.1) is 0 Å². The van der Waals surface area contributed by atoms with Gasteiger partial charge in [0.2, 0.25) is 0 Å². The molecule has 0 saturated carbocycles. The van der Waals surface area contributed by atoms with Crippen LogP contribution in [0.3, 0.4) is 0 Å². The lowest BCUT2D eigenvalue weighted by Gasteiger charge is -1.99. The Hall–Kier alpha value is -2.90. The van der Waals surface area contributed by atoms with Gasteiger partial charge in [0.25, 0.3) is 5.69 Å². The third-order valence-corrected chi connectivity index (χ3v) is 3.35. The third kappa shape index (κ3) is 1.83. The molecule has 0 saturated heterocycles. The normalized spacial score (nSPS) is 11.1. The Balaban J connectivity index is 2.41. The fourth-order valence-corrected chi connectivity index (χ4v) is 2.44. The van der Waals surface area contributed by atoms with E-state index in [-0.39, 0.29) is 23.5 Å². The number of nitrogens with zero attached hydrogens (tertiary/aromatic N) is 2. The molecule has 0 atom stereocenters. The van der Waals surface area contributed by atoms with Gasteiger partial charge in [-0.05, 0) is 19.4 Å². The van der Waals surface area contributed by atoms with Crippen molar-refractivity contribution >= 4 is 33.5 Å². The summed E-state index contributed by atoms with van der Waals surface area (Å²) in [5, 5.41) is 18.1. The van der Waals surface area contributed by atoms with Gasteiger partial charge in [0.15, 0.2) is 11.2 Å². The molecule has 0 spiro atoms. The number of nitrogens with one attached hydrogen (secondary N) is 2. The van der Waals surface area contributed by atoms with Gasteiger partial charge >= 0.3 is 5.97 Å². The lowest BCUT2D eigenvalue weighted by molar-refractivity contribution is -0.383. The molecule has 3 aromatic rings. The predicted octanol–water partition coefficient (Wildman–Crippen LogP) is 2.44. The van der Waals surface area contributed by atoms with Crippen LogP contribution in [0.2, 0.25) is 0 Å². The van der Waals surface area contributed by atoms with Crippen molar-refractivity contribution in [3.63, 3.8) is 0 Å². The summed E-state index contributed by atoms with van der Waals surface area (Å²) >= 11 is 0. The van der Waals surface area contributed by atoms with E-state index in [0.717, 1.165) is 0 Å². The van der Waals surface area contributed by atoms with Crippen LogP contribution < -0.4 is 0 Å².